The van der Waals surface area contributed by atoms with Gasteiger partial charge in [-0.15, -0.1) is 0 Å². The van der Waals surface area contributed by atoms with Gasteiger partial charge in [0.25, 0.3) is 5.95 Å². The number of amides is 1. The molecule has 20 heavy (non-hydrogen) atoms. The second-order valence-corrected chi connectivity index (χ2v) is 4.35. The van der Waals surface area contributed by atoms with Gasteiger partial charge in [-0.2, -0.15) is 24.7 Å². The monoisotopic (exact) mass is 275 g/mol. The zero-order valence-corrected chi connectivity index (χ0v) is 10.5. The van der Waals surface area contributed by atoms with E-state index in [-0.39, 0.29) is 30.3 Å². The minimum absolute atomic E-state index is 0.0376. The number of carbonyl (C=O) groups is 1. The van der Waals surface area contributed by atoms with E-state index >= 15 is 0 Å². The van der Waals surface area contributed by atoms with Crippen LogP contribution in [0.5, 0.6) is 0 Å². The maximum atomic E-state index is 11.6. The summed E-state index contributed by atoms with van der Waals surface area (Å²) >= 11 is 0. The lowest BCUT2D eigenvalue weighted by Gasteiger charge is -2.07. The Morgan fingerprint density at radius 3 is 2.95 bits per heavy atom. The number of nitrogen functional groups attached to an aromatic ring is 1. The van der Waals surface area contributed by atoms with Crippen LogP contribution in [0.15, 0.2) is 12.7 Å². The van der Waals surface area contributed by atoms with Crippen molar-refractivity contribution >= 4 is 17.8 Å². The van der Waals surface area contributed by atoms with Crippen LogP contribution in [0.2, 0.25) is 0 Å². The SMILES string of the molecule is Nc1nc(NCC(=O)NC2CC2)nc(-n2cncn2)n1. The molecule has 10 nitrogen and oxygen atoms in total. The van der Waals surface area contributed by atoms with E-state index in [1.165, 1.54) is 17.3 Å². The first-order chi connectivity index (χ1) is 9.70. The molecule has 1 amide bonds. The summed E-state index contributed by atoms with van der Waals surface area (Å²) in [6.07, 6.45) is 4.89. The van der Waals surface area contributed by atoms with Crippen molar-refractivity contribution < 1.29 is 4.79 Å². The Bertz CT molecular complexity index is 607. The van der Waals surface area contributed by atoms with Gasteiger partial charge >= 0.3 is 0 Å². The molecule has 0 aliphatic heterocycles. The highest BCUT2D eigenvalue weighted by molar-refractivity contribution is 5.80. The van der Waals surface area contributed by atoms with Gasteiger partial charge in [0.2, 0.25) is 17.8 Å². The van der Waals surface area contributed by atoms with Gasteiger partial charge in [-0.05, 0) is 12.8 Å². The normalized spacial score (nSPS) is 14.0. The van der Waals surface area contributed by atoms with Crippen LogP contribution in [0.4, 0.5) is 11.9 Å². The van der Waals surface area contributed by atoms with Crippen LogP contribution < -0.4 is 16.4 Å². The fraction of sp³-hybridized carbons (Fsp3) is 0.400. The molecule has 0 atom stereocenters. The van der Waals surface area contributed by atoms with Crippen molar-refractivity contribution in [1.82, 2.24) is 35.0 Å². The van der Waals surface area contributed by atoms with Crippen LogP contribution in [0.3, 0.4) is 0 Å². The highest BCUT2D eigenvalue weighted by Gasteiger charge is 2.23. The molecule has 1 fully saturated rings. The molecule has 0 saturated heterocycles. The summed E-state index contributed by atoms with van der Waals surface area (Å²) < 4.78 is 1.35. The molecular weight excluding hydrogens is 262 g/mol. The van der Waals surface area contributed by atoms with Crippen LogP contribution in [0.1, 0.15) is 12.8 Å². The molecule has 0 radical (unpaired) electrons. The van der Waals surface area contributed by atoms with Gasteiger partial charge in [0.05, 0.1) is 6.54 Å². The van der Waals surface area contributed by atoms with Crippen LogP contribution in [0, 0.1) is 0 Å². The first-order valence-electron chi connectivity index (χ1n) is 6.10. The quantitative estimate of drug-likeness (QED) is 0.614. The van der Waals surface area contributed by atoms with Crippen molar-refractivity contribution in [2.75, 3.05) is 17.6 Å². The Labute approximate surface area is 113 Å². The molecule has 3 rings (SSSR count). The van der Waals surface area contributed by atoms with Crippen LogP contribution in [-0.2, 0) is 4.79 Å². The third-order valence-corrected chi connectivity index (χ3v) is 2.61. The molecule has 2 heterocycles. The van der Waals surface area contributed by atoms with E-state index in [0.29, 0.717) is 6.04 Å². The Balaban J connectivity index is 1.67. The molecule has 0 spiro atoms. The van der Waals surface area contributed by atoms with E-state index in [1.807, 2.05) is 0 Å². The summed E-state index contributed by atoms with van der Waals surface area (Å²) in [7, 11) is 0. The first kappa shape index (κ1) is 12.3. The minimum Gasteiger partial charge on any atom is -0.368 e. The lowest BCUT2D eigenvalue weighted by molar-refractivity contribution is -0.119. The average molecular weight is 275 g/mol. The molecular formula is C10H13N9O. The summed E-state index contributed by atoms with van der Waals surface area (Å²) in [6, 6.07) is 0.318. The molecule has 4 N–H and O–H groups in total. The van der Waals surface area contributed by atoms with Gasteiger partial charge < -0.3 is 16.4 Å². The fourth-order valence-corrected chi connectivity index (χ4v) is 1.54. The Kier molecular flexibility index (Phi) is 3.11. The number of nitrogens with two attached hydrogens (primary N) is 1. The van der Waals surface area contributed by atoms with Crippen molar-refractivity contribution in [2.45, 2.75) is 18.9 Å². The Hall–Kier alpha value is -2.78. The van der Waals surface area contributed by atoms with Crippen LogP contribution >= 0.6 is 0 Å². The van der Waals surface area contributed by atoms with E-state index in [1.54, 1.807) is 0 Å². The van der Waals surface area contributed by atoms with Gasteiger partial charge in [0, 0.05) is 6.04 Å². The summed E-state index contributed by atoms with van der Waals surface area (Å²) in [4.78, 5) is 27.3. The summed E-state index contributed by atoms with van der Waals surface area (Å²) in [5.41, 5.74) is 5.60. The average Bonchev–Trinajstić information content (AvgIpc) is 3.06. The maximum absolute atomic E-state index is 11.6. The second kappa shape index (κ2) is 5.07. The largest absolute Gasteiger partial charge is 0.368 e. The number of nitrogens with one attached hydrogen (secondary N) is 2. The number of aromatic nitrogens is 6. The Morgan fingerprint density at radius 1 is 1.40 bits per heavy atom. The number of nitrogens with zero attached hydrogens (tertiary/aromatic N) is 6. The van der Waals surface area contributed by atoms with Gasteiger partial charge in [-0.3, -0.25) is 4.79 Å². The van der Waals surface area contributed by atoms with Crippen molar-refractivity contribution in [3.63, 3.8) is 0 Å². The molecule has 0 bridgehead atoms. The molecule has 104 valence electrons. The molecule has 1 saturated carbocycles. The summed E-state index contributed by atoms with van der Waals surface area (Å²) in [6.45, 7) is 0.0801. The Morgan fingerprint density at radius 2 is 2.25 bits per heavy atom. The second-order valence-electron chi connectivity index (χ2n) is 4.35. The topological polar surface area (TPSA) is 137 Å². The predicted octanol–water partition coefficient (Wildman–Crippen LogP) is -1.27. The zero-order chi connectivity index (χ0) is 13.9. The smallest absolute Gasteiger partial charge is 0.258 e. The van der Waals surface area contributed by atoms with Crippen LogP contribution in [-0.4, -0.2) is 48.2 Å². The number of anilines is 2. The highest BCUT2D eigenvalue weighted by atomic mass is 16.2. The molecule has 10 heteroatoms. The molecule has 1 aliphatic rings. The molecule has 1 aliphatic carbocycles. The van der Waals surface area contributed by atoms with Crippen LogP contribution in [0.25, 0.3) is 5.95 Å². The first-order valence-corrected chi connectivity index (χ1v) is 6.10. The van der Waals surface area contributed by atoms with Gasteiger partial charge in [0.15, 0.2) is 0 Å². The standard InChI is InChI=1S/C10H13N9O/c11-8-16-9(13-3-7(20)15-6-1-2-6)18-10(17-8)19-5-12-4-14-19/h4-6H,1-3H2,(H,15,20)(H3,11,13,16,17,18). The summed E-state index contributed by atoms with van der Waals surface area (Å²) in [5.74, 6) is 0.387. The third-order valence-electron chi connectivity index (χ3n) is 2.61. The van der Waals surface area contributed by atoms with Crippen molar-refractivity contribution in [2.24, 2.45) is 0 Å². The van der Waals surface area contributed by atoms with Gasteiger partial charge in [-0.25, -0.2) is 4.98 Å². The number of hydrogen-bond donors (Lipinski definition) is 3. The maximum Gasteiger partial charge on any atom is 0.258 e. The zero-order valence-electron chi connectivity index (χ0n) is 10.5. The van der Waals surface area contributed by atoms with Crippen molar-refractivity contribution in [3.8, 4) is 5.95 Å². The van der Waals surface area contributed by atoms with E-state index in [4.69, 9.17) is 5.73 Å². The molecule has 0 aromatic carbocycles. The van der Waals surface area contributed by atoms with Crippen molar-refractivity contribution in [3.05, 3.63) is 12.7 Å². The molecule has 2 aromatic rings. The van der Waals surface area contributed by atoms with Gasteiger partial charge in [-0.1, -0.05) is 0 Å². The number of hydrogen-bond acceptors (Lipinski definition) is 8. The highest BCUT2D eigenvalue weighted by Crippen LogP contribution is 2.18. The lowest BCUT2D eigenvalue weighted by atomic mass is 10.5. The van der Waals surface area contributed by atoms with E-state index in [0.717, 1.165) is 12.8 Å². The van der Waals surface area contributed by atoms with Gasteiger partial charge in [0.1, 0.15) is 12.7 Å². The lowest BCUT2D eigenvalue weighted by Crippen LogP contribution is -2.31. The van der Waals surface area contributed by atoms with E-state index in [2.05, 4.69) is 35.7 Å². The fourth-order valence-electron chi connectivity index (χ4n) is 1.54. The van der Waals surface area contributed by atoms with E-state index < -0.39 is 0 Å². The predicted molar refractivity (Wildman–Crippen MR) is 68.8 cm³/mol. The summed E-state index contributed by atoms with van der Waals surface area (Å²) in [5, 5.41) is 9.56. The number of carbonyl (C=O) groups excluding carboxylic acids is 1. The molecule has 2 aromatic heterocycles. The minimum atomic E-state index is -0.103. The molecule has 0 unspecified atom stereocenters. The van der Waals surface area contributed by atoms with Crippen molar-refractivity contribution in [1.29, 1.82) is 0 Å². The third kappa shape index (κ3) is 2.96. The number of rotatable bonds is 5. The van der Waals surface area contributed by atoms with E-state index in [9.17, 15) is 4.79 Å².